The molecule has 0 aliphatic carbocycles. The number of benzene rings is 2. The summed E-state index contributed by atoms with van der Waals surface area (Å²) < 4.78 is 0. The van der Waals surface area contributed by atoms with Crippen molar-refractivity contribution in [1.29, 1.82) is 0 Å². The van der Waals surface area contributed by atoms with Gasteiger partial charge in [-0.1, -0.05) is 48.5 Å². The molecule has 0 aromatic heterocycles. The minimum atomic E-state index is -0.403. The molecule has 1 aliphatic heterocycles. The molecule has 0 radical (unpaired) electrons. The number of fused-ring (bicyclic) bond motifs is 1. The highest BCUT2D eigenvalue weighted by Gasteiger charge is 2.34. The summed E-state index contributed by atoms with van der Waals surface area (Å²) in [5, 5.41) is 0.559. The predicted molar refractivity (Wildman–Crippen MR) is 95.1 cm³/mol. The molecule has 1 heterocycles. The van der Waals surface area contributed by atoms with Gasteiger partial charge in [-0.15, -0.1) is 0 Å². The third-order valence-corrected chi connectivity index (χ3v) is 4.45. The molecule has 2 aromatic rings. The van der Waals surface area contributed by atoms with Gasteiger partial charge in [0.2, 0.25) is 11.8 Å². The Bertz CT molecular complexity index is 804. The molecule has 2 aromatic carbocycles. The molecule has 4 nitrogen and oxygen atoms in total. The van der Waals surface area contributed by atoms with E-state index in [4.69, 9.17) is 11.6 Å². The summed E-state index contributed by atoms with van der Waals surface area (Å²) in [4.78, 5) is 28.1. The van der Waals surface area contributed by atoms with Crippen LogP contribution < -0.4 is 4.90 Å². The average Bonchev–Trinajstić information content (AvgIpc) is 2.70. The lowest BCUT2D eigenvalue weighted by Gasteiger charge is -2.29. The fraction of sp³-hybridized carbons (Fsp3) is 0.158. The molecule has 24 heavy (non-hydrogen) atoms. The number of rotatable bonds is 2. The van der Waals surface area contributed by atoms with Gasteiger partial charge in [0.15, 0.2) is 0 Å². The number of carbonyl (C=O) groups excluding carboxylic acids is 2. The molecule has 0 N–H and O–H groups in total. The smallest absolute Gasteiger partial charge is 0.247 e. The molecule has 122 valence electrons. The molecular formula is C19H17ClN2O2. The summed E-state index contributed by atoms with van der Waals surface area (Å²) in [5.41, 5.74) is 2.48. The zero-order valence-electron chi connectivity index (χ0n) is 13.3. The van der Waals surface area contributed by atoms with Crippen LogP contribution in [0.15, 0.2) is 61.2 Å². The van der Waals surface area contributed by atoms with E-state index in [0.717, 1.165) is 16.8 Å². The van der Waals surface area contributed by atoms with E-state index in [1.54, 1.807) is 18.0 Å². The van der Waals surface area contributed by atoms with Gasteiger partial charge in [-0.05, 0) is 29.8 Å². The zero-order valence-corrected chi connectivity index (χ0v) is 14.0. The Labute approximate surface area is 145 Å². The van der Waals surface area contributed by atoms with Crippen LogP contribution in [0.4, 0.5) is 5.69 Å². The molecule has 0 saturated heterocycles. The molecular weight excluding hydrogens is 324 g/mol. The lowest BCUT2D eigenvalue weighted by Crippen LogP contribution is -2.40. The number of likely N-dealkylation sites (N-methyl/N-ethyl adjacent to an activating group) is 1. The van der Waals surface area contributed by atoms with Crippen molar-refractivity contribution in [1.82, 2.24) is 4.90 Å². The topological polar surface area (TPSA) is 40.6 Å². The van der Waals surface area contributed by atoms with Crippen LogP contribution in [0.2, 0.25) is 5.02 Å². The molecule has 1 unspecified atom stereocenters. The van der Waals surface area contributed by atoms with Crippen LogP contribution in [0.25, 0.3) is 0 Å². The van der Waals surface area contributed by atoms with Crippen molar-refractivity contribution in [2.75, 3.05) is 18.5 Å². The Morgan fingerprint density at radius 2 is 1.96 bits per heavy atom. The van der Waals surface area contributed by atoms with Gasteiger partial charge in [-0.2, -0.15) is 0 Å². The highest BCUT2D eigenvalue weighted by atomic mass is 35.5. The Balaban J connectivity index is 2.27. The highest BCUT2D eigenvalue weighted by Crippen LogP contribution is 2.38. The van der Waals surface area contributed by atoms with E-state index < -0.39 is 6.04 Å². The van der Waals surface area contributed by atoms with E-state index in [1.807, 2.05) is 42.5 Å². The molecule has 0 fully saturated rings. The maximum absolute atomic E-state index is 12.5. The molecule has 1 atom stereocenters. The SMILES string of the molecule is C=CC(=O)N1CC(=O)N(C)c2ccc(Cl)cc2C1c1ccccc1. The normalized spacial score (nSPS) is 17.2. The summed E-state index contributed by atoms with van der Waals surface area (Å²) in [7, 11) is 1.71. The van der Waals surface area contributed by atoms with Crippen molar-refractivity contribution in [3.8, 4) is 0 Å². The van der Waals surface area contributed by atoms with Crippen LogP contribution in [0.5, 0.6) is 0 Å². The van der Waals surface area contributed by atoms with Crippen molar-refractivity contribution >= 4 is 29.1 Å². The first-order chi connectivity index (χ1) is 11.5. The molecule has 0 saturated carbocycles. The minimum Gasteiger partial charge on any atom is -0.319 e. The van der Waals surface area contributed by atoms with Gasteiger partial charge >= 0.3 is 0 Å². The predicted octanol–water partition coefficient (Wildman–Crippen LogP) is 3.42. The largest absolute Gasteiger partial charge is 0.319 e. The molecule has 1 aliphatic rings. The third-order valence-electron chi connectivity index (χ3n) is 4.21. The van der Waals surface area contributed by atoms with E-state index in [0.29, 0.717) is 5.02 Å². The van der Waals surface area contributed by atoms with Gasteiger partial charge in [0, 0.05) is 23.3 Å². The average molecular weight is 341 g/mol. The van der Waals surface area contributed by atoms with Crippen LogP contribution in [-0.4, -0.2) is 30.3 Å². The van der Waals surface area contributed by atoms with Crippen LogP contribution >= 0.6 is 11.6 Å². The third kappa shape index (κ3) is 2.81. The maximum atomic E-state index is 12.5. The van der Waals surface area contributed by atoms with Gasteiger partial charge in [0.05, 0.1) is 6.04 Å². The maximum Gasteiger partial charge on any atom is 0.247 e. The lowest BCUT2D eigenvalue weighted by molar-refractivity contribution is -0.132. The van der Waals surface area contributed by atoms with Crippen molar-refractivity contribution in [2.24, 2.45) is 0 Å². The summed E-state index contributed by atoms with van der Waals surface area (Å²) in [6, 6.07) is 14.6. The first-order valence-corrected chi connectivity index (χ1v) is 7.94. The summed E-state index contributed by atoms with van der Waals surface area (Å²) in [6.07, 6.45) is 1.23. The number of halogens is 1. The molecule has 2 amide bonds. The van der Waals surface area contributed by atoms with Crippen LogP contribution in [-0.2, 0) is 9.59 Å². The minimum absolute atomic E-state index is 0.0206. The Morgan fingerprint density at radius 1 is 1.25 bits per heavy atom. The van der Waals surface area contributed by atoms with Crippen molar-refractivity contribution in [3.05, 3.63) is 77.3 Å². The van der Waals surface area contributed by atoms with Gasteiger partial charge in [0.1, 0.15) is 6.54 Å². The van der Waals surface area contributed by atoms with E-state index in [1.165, 1.54) is 11.0 Å². The monoisotopic (exact) mass is 340 g/mol. The van der Waals surface area contributed by atoms with Gasteiger partial charge in [0.25, 0.3) is 0 Å². The summed E-state index contributed by atoms with van der Waals surface area (Å²) >= 11 is 6.20. The fourth-order valence-corrected chi connectivity index (χ4v) is 3.19. The number of anilines is 1. The second-order valence-corrected chi connectivity index (χ2v) is 6.08. The Hall–Kier alpha value is -2.59. The number of nitrogens with zero attached hydrogens (tertiary/aromatic N) is 2. The molecule has 3 rings (SSSR count). The Kier molecular flexibility index (Phi) is 4.40. The number of amides is 2. The van der Waals surface area contributed by atoms with E-state index in [9.17, 15) is 9.59 Å². The van der Waals surface area contributed by atoms with E-state index in [2.05, 4.69) is 6.58 Å². The second-order valence-electron chi connectivity index (χ2n) is 5.64. The van der Waals surface area contributed by atoms with Gasteiger partial charge in [-0.25, -0.2) is 0 Å². The van der Waals surface area contributed by atoms with E-state index >= 15 is 0 Å². The second kappa shape index (κ2) is 6.49. The lowest BCUT2D eigenvalue weighted by atomic mass is 9.95. The van der Waals surface area contributed by atoms with Crippen LogP contribution in [0.1, 0.15) is 17.2 Å². The molecule has 0 spiro atoms. The van der Waals surface area contributed by atoms with Crippen LogP contribution in [0.3, 0.4) is 0 Å². The number of hydrogen-bond donors (Lipinski definition) is 0. The highest BCUT2D eigenvalue weighted by molar-refractivity contribution is 6.30. The quantitative estimate of drug-likeness (QED) is 0.786. The van der Waals surface area contributed by atoms with Gasteiger partial charge < -0.3 is 9.80 Å². The van der Waals surface area contributed by atoms with Gasteiger partial charge in [-0.3, -0.25) is 9.59 Å². The van der Waals surface area contributed by atoms with Crippen molar-refractivity contribution < 1.29 is 9.59 Å². The summed E-state index contributed by atoms with van der Waals surface area (Å²) in [5.74, 6) is -0.453. The molecule has 5 heteroatoms. The number of carbonyl (C=O) groups is 2. The van der Waals surface area contributed by atoms with E-state index in [-0.39, 0.29) is 18.4 Å². The first-order valence-electron chi connectivity index (χ1n) is 7.57. The Morgan fingerprint density at radius 3 is 2.62 bits per heavy atom. The first kappa shape index (κ1) is 16.3. The van der Waals surface area contributed by atoms with Crippen molar-refractivity contribution in [2.45, 2.75) is 6.04 Å². The van der Waals surface area contributed by atoms with Crippen LogP contribution in [0, 0.1) is 0 Å². The summed E-state index contributed by atoms with van der Waals surface area (Å²) in [6.45, 7) is 3.55. The number of hydrogen-bond acceptors (Lipinski definition) is 2. The standard InChI is InChI=1S/C19H17ClN2O2/c1-3-17(23)22-12-18(24)21(2)16-10-9-14(20)11-15(16)19(22)13-7-5-4-6-8-13/h3-11,19H,1,12H2,2H3. The fourth-order valence-electron chi connectivity index (χ4n) is 3.01. The zero-order chi connectivity index (χ0) is 17.3. The van der Waals surface area contributed by atoms with Crippen molar-refractivity contribution in [3.63, 3.8) is 0 Å². The molecule has 0 bridgehead atoms.